The molecule has 0 spiro atoms. The van der Waals surface area contributed by atoms with Gasteiger partial charge in [-0.2, -0.15) is 0 Å². The number of carbonyl (C=O) groups is 1. The van der Waals surface area contributed by atoms with Crippen LogP contribution in [0.1, 0.15) is 29.6 Å². The van der Waals surface area contributed by atoms with Gasteiger partial charge in [-0.05, 0) is 86.1 Å². The van der Waals surface area contributed by atoms with E-state index in [0.29, 0.717) is 33.4 Å². The largest absolute Gasteiger partial charge is 0.436 e. The summed E-state index contributed by atoms with van der Waals surface area (Å²) in [5.74, 6) is -0.0902. The highest BCUT2D eigenvalue weighted by Crippen LogP contribution is 2.31. The maximum atomic E-state index is 12.8. The zero-order valence-corrected chi connectivity index (χ0v) is 21.1. The molecule has 1 fully saturated rings. The predicted molar refractivity (Wildman–Crippen MR) is 147 cm³/mol. The molecule has 0 radical (unpaired) electrons. The lowest BCUT2D eigenvalue weighted by atomic mass is 10.1. The highest BCUT2D eigenvalue weighted by Gasteiger charge is 2.23. The fourth-order valence-electron chi connectivity index (χ4n) is 4.27. The Bertz CT molecular complexity index is 1500. The van der Waals surface area contributed by atoms with Crippen molar-refractivity contribution in [3.8, 4) is 11.5 Å². The van der Waals surface area contributed by atoms with Crippen LogP contribution in [0, 0.1) is 10.1 Å². The standard InChI is InChI=1S/C26H22ClN5O4S/c27-18-7-4-16(5-8-18)25-29-20-15-19(9-11-23(20)36-25)28-26(37)30-24(33)17-6-10-21(22(14-17)32(34)35)31-12-2-1-3-13-31/h4-11,14-15H,1-3,12-13H2,(H2,28,30,33,37). The highest BCUT2D eigenvalue weighted by molar-refractivity contribution is 7.80. The van der Waals surface area contributed by atoms with Gasteiger partial charge in [0, 0.05) is 41.0 Å². The van der Waals surface area contributed by atoms with Crippen LogP contribution in [0.4, 0.5) is 17.1 Å². The number of nitro benzene ring substituents is 1. The Kier molecular flexibility index (Phi) is 7.02. The molecule has 0 saturated carbocycles. The summed E-state index contributed by atoms with van der Waals surface area (Å²) < 4.78 is 5.82. The average Bonchev–Trinajstić information content (AvgIpc) is 3.32. The zero-order chi connectivity index (χ0) is 25.9. The topological polar surface area (TPSA) is 114 Å². The molecular weight excluding hydrogens is 514 g/mol. The Hall–Kier alpha value is -4.02. The zero-order valence-electron chi connectivity index (χ0n) is 19.6. The van der Waals surface area contributed by atoms with Crippen LogP contribution in [0.3, 0.4) is 0 Å². The van der Waals surface area contributed by atoms with Crippen LogP contribution in [-0.2, 0) is 0 Å². The van der Waals surface area contributed by atoms with E-state index in [-0.39, 0.29) is 16.4 Å². The van der Waals surface area contributed by atoms with Gasteiger partial charge in [0.15, 0.2) is 10.7 Å². The van der Waals surface area contributed by atoms with Crippen molar-refractivity contribution in [1.29, 1.82) is 0 Å². The van der Waals surface area contributed by atoms with Crippen molar-refractivity contribution in [2.24, 2.45) is 0 Å². The van der Waals surface area contributed by atoms with Gasteiger partial charge >= 0.3 is 0 Å². The Morgan fingerprint density at radius 3 is 2.54 bits per heavy atom. The van der Waals surface area contributed by atoms with Gasteiger partial charge in [0.1, 0.15) is 11.2 Å². The Labute approximate surface area is 222 Å². The van der Waals surface area contributed by atoms with Crippen molar-refractivity contribution in [3.63, 3.8) is 0 Å². The van der Waals surface area contributed by atoms with E-state index in [1.54, 1.807) is 42.5 Å². The predicted octanol–water partition coefficient (Wildman–Crippen LogP) is 6.17. The minimum absolute atomic E-state index is 0.0496. The maximum Gasteiger partial charge on any atom is 0.293 e. The first-order valence-electron chi connectivity index (χ1n) is 11.7. The summed E-state index contributed by atoms with van der Waals surface area (Å²) in [6.07, 6.45) is 3.09. The number of fused-ring (bicyclic) bond motifs is 1. The van der Waals surface area contributed by atoms with Crippen LogP contribution in [-0.4, -0.2) is 34.0 Å². The summed E-state index contributed by atoms with van der Waals surface area (Å²) in [4.78, 5) is 30.6. The van der Waals surface area contributed by atoms with Crippen molar-refractivity contribution in [2.75, 3.05) is 23.3 Å². The summed E-state index contributed by atoms with van der Waals surface area (Å²) in [6, 6.07) is 16.9. The van der Waals surface area contributed by atoms with Gasteiger partial charge in [-0.15, -0.1) is 0 Å². The minimum Gasteiger partial charge on any atom is -0.436 e. The van der Waals surface area contributed by atoms with Crippen LogP contribution >= 0.6 is 23.8 Å². The van der Waals surface area contributed by atoms with Crippen molar-refractivity contribution >= 4 is 63.0 Å². The van der Waals surface area contributed by atoms with Crippen LogP contribution in [0.2, 0.25) is 5.02 Å². The number of nitro groups is 1. The minimum atomic E-state index is -0.543. The molecule has 1 aliphatic heterocycles. The number of nitrogens with one attached hydrogen (secondary N) is 2. The molecule has 188 valence electrons. The summed E-state index contributed by atoms with van der Waals surface area (Å²) >= 11 is 11.2. The molecule has 9 nitrogen and oxygen atoms in total. The Morgan fingerprint density at radius 1 is 1.05 bits per heavy atom. The first-order valence-corrected chi connectivity index (χ1v) is 12.5. The fourth-order valence-corrected chi connectivity index (χ4v) is 4.61. The number of nitrogens with zero attached hydrogens (tertiary/aromatic N) is 3. The smallest absolute Gasteiger partial charge is 0.293 e. The van der Waals surface area contributed by atoms with Crippen LogP contribution in [0.25, 0.3) is 22.6 Å². The number of amides is 1. The lowest BCUT2D eigenvalue weighted by Gasteiger charge is -2.28. The van der Waals surface area contributed by atoms with Crippen molar-refractivity contribution in [1.82, 2.24) is 10.3 Å². The van der Waals surface area contributed by atoms with Gasteiger partial charge in [-0.1, -0.05) is 11.6 Å². The SMILES string of the molecule is O=C(NC(=S)Nc1ccc2oc(-c3ccc(Cl)cc3)nc2c1)c1ccc(N2CCCCC2)c([N+](=O)[O-])c1. The molecule has 5 rings (SSSR count). The van der Waals surface area contributed by atoms with Crippen LogP contribution < -0.4 is 15.5 Å². The summed E-state index contributed by atoms with van der Waals surface area (Å²) in [5.41, 5.74) is 3.16. The van der Waals surface area contributed by atoms with Crippen LogP contribution in [0.15, 0.2) is 65.1 Å². The second kappa shape index (κ2) is 10.5. The highest BCUT2D eigenvalue weighted by atomic mass is 35.5. The van der Waals surface area contributed by atoms with Crippen molar-refractivity contribution in [3.05, 3.63) is 81.4 Å². The van der Waals surface area contributed by atoms with E-state index in [1.165, 1.54) is 6.07 Å². The van der Waals surface area contributed by atoms with Gasteiger partial charge < -0.3 is 14.6 Å². The van der Waals surface area contributed by atoms with Gasteiger partial charge in [0.25, 0.3) is 11.6 Å². The number of carbonyl (C=O) groups excluding carboxylic acids is 1. The monoisotopic (exact) mass is 535 g/mol. The molecule has 1 aromatic heterocycles. The number of rotatable bonds is 5. The first-order chi connectivity index (χ1) is 17.9. The van der Waals surface area contributed by atoms with E-state index >= 15 is 0 Å². The number of benzene rings is 3. The van der Waals surface area contributed by atoms with E-state index in [0.717, 1.165) is 37.9 Å². The summed E-state index contributed by atoms with van der Waals surface area (Å²) in [7, 11) is 0. The first kappa shape index (κ1) is 24.7. The normalized spacial score (nSPS) is 13.4. The number of oxazole rings is 1. The third-order valence-corrected chi connectivity index (χ3v) is 6.55. The molecule has 0 aliphatic carbocycles. The molecule has 1 amide bonds. The van der Waals surface area contributed by atoms with E-state index in [1.807, 2.05) is 17.0 Å². The molecule has 1 aliphatic rings. The van der Waals surface area contributed by atoms with E-state index in [4.69, 9.17) is 28.2 Å². The summed E-state index contributed by atoms with van der Waals surface area (Å²) in [6.45, 7) is 1.52. The molecule has 11 heteroatoms. The van der Waals surface area contributed by atoms with Crippen LogP contribution in [0.5, 0.6) is 0 Å². The van der Waals surface area contributed by atoms with Gasteiger partial charge in [0.05, 0.1) is 4.92 Å². The molecular formula is C26H22ClN5O4S. The van der Waals surface area contributed by atoms with Crippen molar-refractivity contribution in [2.45, 2.75) is 19.3 Å². The van der Waals surface area contributed by atoms with Crippen molar-refractivity contribution < 1.29 is 14.1 Å². The van der Waals surface area contributed by atoms with E-state index in [2.05, 4.69) is 15.6 Å². The van der Waals surface area contributed by atoms with E-state index in [9.17, 15) is 14.9 Å². The molecule has 0 unspecified atom stereocenters. The average molecular weight is 536 g/mol. The molecule has 2 N–H and O–H groups in total. The Balaban J connectivity index is 1.28. The van der Waals surface area contributed by atoms with Gasteiger partial charge in [0.2, 0.25) is 5.89 Å². The molecule has 3 aromatic carbocycles. The molecule has 37 heavy (non-hydrogen) atoms. The van der Waals surface area contributed by atoms with Gasteiger partial charge in [-0.25, -0.2) is 4.98 Å². The maximum absolute atomic E-state index is 12.8. The van der Waals surface area contributed by atoms with E-state index < -0.39 is 10.8 Å². The number of thiocarbonyl (C=S) groups is 1. The second-order valence-corrected chi connectivity index (χ2v) is 9.47. The van der Waals surface area contributed by atoms with Gasteiger partial charge in [-0.3, -0.25) is 20.2 Å². The third kappa shape index (κ3) is 5.55. The number of halogens is 1. The molecule has 1 saturated heterocycles. The lowest BCUT2D eigenvalue weighted by molar-refractivity contribution is -0.384. The molecule has 4 aromatic rings. The number of aromatic nitrogens is 1. The molecule has 0 atom stereocenters. The fraction of sp³-hybridized carbons (Fsp3) is 0.192. The summed E-state index contributed by atoms with van der Waals surface area (Å²) in [5, 5.41) is 17.9. The third-order valence-electron chi connectivity index (χ3n) is 6.09. The second-order valence-electron chi connectivity index (χ2n) is 8.62. The number of anilines is 2. The lowest BCUT2D eigenvalue weighted by Crippen LogP contribution is -2.34. The quantitative estimate of drug-likeness (QED) is 0.177. The molecule has 2 heterocycles. The number of hydrogen-bond acceptors (Lipinski definition) is 7. The molecule has 0 bridgehead atoms. The Morgan fingerprint density at radius 2 is 1.81 bits per heavy atom. The number of piperidine rings is 1. The number of hydrogen-bond donors (Lipinski definition) is 2.